The number of aryl methyl sites for hydroxylation is 1. The van der Waals surface area contributed by atoms with Crippen LogP contribution in [0.4, 0.5) is 5.69 Å². The molecule has 0 aliphatic carbocycles. The molecule has 1 aliphatic heterocycles. The minimum absolute atomic E-state index is 0.141. The van der Waals surface area contributed by atoms with E-state index in [1.54, 1.807) is 17.0 Å². The zero-order valence-corrected chi connectivity index (χ0v) is 18.3. The third-order valence-electron chi connectivity index (χ3n) is 4.68. The van der Waals surface area contributed by atoms with Crippen molar-refractivity contribution in [3.05, 3.63) is 40.5 Å². The van der Waals surface area contributed by atoms with Gasteiger partial charge in [-0.1, -0.05) is 5.57 Å². The van der Waals surface area contributed by atoms with Gasteiger partial charge in [0.25, 0.3) is 0 Å². The van der Waals surface area contributed by atoms with E-state index in [9.17, 15) is 4.79 Å². The van der Waals surface area contributed by atoms with E-state index < -0.39 is 0 Å². The Bertz CT molecular complexity index is 846. The SMILES string of the molecule is CC(C)=CC(=O)Nc1ccc(OCCN2CCCC2)c(-c2c(Br)cnn2C)c1. The van der Waals surface area contributed by atoms with Crippen LogP contribution in [0.15, 0.2) is 40.5 Å². The number of carbonyl (C=O) groups is 1. The molecule has 0 radical (unpaired) electrons. The van der Waals surface area contributed by atoms with E-state index >= 15 is 0 Å². The Morgan fingerprint density at radius 3 is 2.71 bits per heavy atom. The van der Waals surface area contributed by atoms with Crippen molar-refractivity contribution < 1.29 is 9.53 Å². The molecule has 2 heterocycles. The summed E-state index contributed by atoms with van der Waals surface area (Å²) in [5.41, 5.74) is 3.48. The fourth-order valence-electron chi connectivity index (χ4n) is 3.36. The second-order valence-electron chi connectivity index (χ2n) is 7.28. The molecule has 0 spiro atoms. The molecule has 1 N–H and O–H groups in total. The first-order valence-electron chi connectivity index (χ1n) is 9.57. The van der Waals surface area contributed by atoms with E-state index in [2.05, 4.69) is 31.2 Å². The van der Waals surface area contributed by atoms with E-state index in [0.717, 1.165) is 52.4 Å². The number of nitrogens with zero attached hydrogens (tertiary/aromatic N) is 3. The van der Waals surface area contributed by atoms with Gasteiger partial charge in [0.2, 0.25) is 5.91 Å². The molecular formula is C21H27BrN4O2. The van der Waals surface area contributed by atoms with E-state index in [0.29, 0.717) is 6.61 Å². The third-order valence-corrected chi connectivity index (χ3v) is 5.26. The van der Waals surface area contributed by atoms with Gasteiger partial charge in [0, 0.05) is 30.9 Å². The Morgan fingerprint density at radius 2 is 2.07 bits per heavy atom. The number of ether oxygens (including phenoxy) is 1. The van der Waals surface area contributed by atoms with Crippen molar-refractivity contribution in [3.63, 3.8) is 0 Å². The summed E-state index contributed by atoms with van der Waals surface area (Å²) < 4.78 is 8.81. The summed E-state index contributed by atoms with van der Waals surface area (Å²) in [5.74, 6) is 0.640. The van der Waals surface area contributed by atoms with Crippen LogP contribution in [-0.4, -0.2) is 46.8 Å². The number of carbonyl (C=O) groups excluding carboxylic acids is 1. The van der Waals surface area contributed by atoms with Gasteiger partial charge in [-0.3, -0.25) is 14.4 Å². The number of hydrogen-bond acceptors (Lipinski definition) is 4. The van der Waals surface area contributed by atoms with Crippen molar-refractivity contribution in [3.8, 4) is 17.0 Å². The van der Waals surface area contributed by atoms with Crippen molar-refractivity contribution >= 4 is 27.5 Å². The Morgan fingerprint density at radius 1 is 1.32 bits per heavy atom. The molecule has 1 amide bonds. The molecule has 0 atom stereocenters. The fraction of sp³-hybridized carbons (Fsp3) is 0.429. The van der Waals surface area contributed by atoms with Crippen LogP contribution in [0.25, 0.3) is 11.3 Å². The highest BCUT2D eigenvalue weighted by molar-refractivity contribution is 9.10. The van der Waals surface area contributed by atoms with Crippen LogP contribution >= 0.6 is 15.9 Å². The molecule has 6 nitrogen and oxygen atoms in total. The summed E-state index contributed by atoms with van der Waals surface area (Å²) in [4.78, 5) is 14.5. The van der Waals surface area contributed by atoms with E-state index in [4.69, 9.17) is 4.74 Å². The summed E-state index contributed by atoms with van der Waals surface area (Å²) >= 11 is 3.57. The number of halogens is 1. The number of aromatic nitrogens is 2. The number of hydrogen-bond donors (Lipinski definition) is 1. The van der Waals surface area contributed by atoms with Crippen LogP contribution in [-0.2, 0) is 11.8 Å². The van der Waals surface area contributed by atoms with Crippen molar-refractivity contribution in [1.29, 1.82) is 0 Å². The highest BCUT2D eigenvalue weighted by atomic mass is 79.9. The number of likely N-dealkylation sites (tertiary alicyclic amines) is 1. The maximum atomic E-state index is 12.1. The first-order valence-corrected chi connectivity index (χ1v) is 10.4. The van der Waals surface area contributed by atoms with Crippen LogP contribution in [0, 0.1) is 0 Å². The first kappa shape index (κ1) is 20.6. The average Bonchev–Trinajstić information content (AvgIpc) is 3.25. The molecule has 7 heteroatoms. The zero-order valence-electron chi connectivity index (χ0n) is 16.7. The summed E-state index contributed by atoms with van der Waals surface area (Å²) in [6.07, 6.45) is 5.89. The summed E-state index contributed by atoms with van der Waals surface area (Å²) in [5, 5.41) is 7.23. The number of rotatable bonds is 7. The zero-order chi connectivity index (χ0) is 20.1. The molecule has 1 aliphatic rings. The van der Waals surface area contributed by atoms with Crippen LogP contribution < -0.4 is 10.1 Å². The smallest absolute Gasteiger partial charge is 0.248 e. The summed E-state index contributed by atoms with van der Waals surface area (Å²) in [6.45, 7) is 7.65. The van der Waals surface area contributed by atoms with Crippen molar-refractivity contribution in [2.75, 3.05) is 31.6 Å². The van der Waals surface area contributed by atoms with Gasteiger partial charge < -0.3 is 10.1 Å². The Labute approximate surface area is 174 Å². The number of benzene rings is 1. The largest absolute Gasteiger partial charge is 0.492 e. The van der Waals surface area contributed by atoms with Gasteiger partial charge in [-0.05, 0) is 73.9 Å². The molecule has 1 aromatic heterocycles. The summed E-state index contributed by atoms with van der Waals surface area (Å²) in [6, 6.07) is 5.72. The third kappa shape index (κ3) is 5.23. The molecular weight excluding hydrogens is 420 g/mol. The highest BCUT2D eigenvalue weighted by Gasteiger charge is 2.17. The second kappa shape index (κ2) is 9.39. The minimum Gasteiger partial charge on any atom is -0.492 e. The van der Waals surface area contributed by atoms with E-state index in [1.807, 2.05) is 39.1 Å². The topological polar surface area (TPSA) is 59.4 Å². The maximum Gasteiger partial charge on any atom is 0.248 e. The molecule has 0 saturated carbocycles. The van der Waals surface area contributed by atoms with Gasteiger partial charge in [0.05, 0.1) is 16.4 Å². The highest BCUT2D eigenvalue weighted by Crippen LogP contribution is 2.36. The molecule has 150 valence electrons. The monoisotopic (exact) mass is 446 g/mol. The lowest BCUT2D eigenvalue weighted by Gasteiger charge is -2.17. The number of amides is 1. The lowest BCUT2D eigenvalue weighted by molar-refractivity contribution is -0.111. The lowest BCUT2D eigenvalue weighted by Crippen LogP contribution is -2.25. The molecule has 28 heavy (non-hydrogen) atoms. The second-order valence-corrected chi connectivity index (χ2v) is 8.14. The normalized spacial score (nSPS) is 14.1. The molecule has 1 fully saturated rings. The maximum absolute atomic E-state index is 12.1. The Balaban J connectivity index is 1.83. The molecule has 0 unspecified atom stereocenters. The minimum atomic E-state index is -0.141. The molecule has 2 aromatic rings. The predicted octanol–water partition coefficient (Wildman–Crippen LogP) is 4.23. The standard InChI is InChI=1S/C21H27BrN4O2/c1-15(2)12-20(27)24-16-6-7-19(28-11-10-26-8-4-5-9-26)17(13-16)21-18(22)14-23-25(21)3/h6-7,12-14H,4-5,8-11H2,1-3H3,(H,24,27). The number of allylic oxidation sites excluding steroid dienone is 1. The van der Waals surface area contributed by atoms with Crippen molar-refractivity contribution in [2.24, 2.45) is 7.05 Å². The molecule has 3 rings (SSSR count). The summed E-state index contributed by atoms with van der Waals surface area (Å²) in [7, 11) is 1.89. The Hall–Kier alpha value is -2.12. The average molecular weight is 447 g/mol. The van der Waals surface area contributed by atoms with Gasteiger partial charge in [-0.25, -0.2) is 0 Å². The van der Waals surface area contributed by atoms with Gasteiger partial charge in [-0.15, -0.1) is 0 Å². The number of anilines is 1. The van der Waals surface area contributed by atoms with Crippen molar-refractivity contribution in [2.45, 2.75) is 26.7 Å². The van der Waals surface area contributed by atoms with Crippen molar-refractivity contribution in [1.82, 2.24) is 14.7 Å². The molecule has 1 aromatic carbocycles. The molecule has 0 bridgehead atoms. The first-order chi connectivity index (χ1) is 13.4. The van der Waals surface area contributed by atoms with Gasteiger partial charge in [-0.2, -0.15) is 5.10 Å². The quantitative estimate of drug-likeness (QED) is 0.646. The van der Waals surface area contributed by atoms with Gasteiger partial charge in [0.15, 0.2) is 0 Å². The van der Waals surface area contributed by atoms with Gasteiger partial charge >= 0.3 is 0 Å². The van der Waals surface area contributed by atoms with Crippen LogP contribution in [0.5, 0.6) is 5.75 Å². The van der Waals surface area contributed by atoms with E-state index in [1.165, 1.54) is 12.8 Å². The molecule has 1 saturated heterocycles. The van der Waals surface area contributed by atoms with Gasteiger partial charge in [0.1, 0.15) is 12.4 Å². The lowest BCUT2D eigenvalue weighted by atomic mass is 10.1. The van der Waals surface area contributed by atoms with Crippen LogP contribution in [0.1, 0.15) is 26.7 Å². The predicted molar refractivity (Wildman–Crippen MR) is 116 cm³/mol. The van der Waals surface area contributed by atoms with Crippen LogP contribution in [0.2, 0.25) is 0 Å². The van der Waals surface area contributed by atoms with E-state index in [-0.39, 0.29) is 5.91 Å². The number of nitrogens with one attached hydrogen (secondary N) is 1. The van der Waals surface area contributed by atoms with Crippen LogP contribution in [0.3, 0.4) is 0 Å². The fourth-order valence-corrected chi connectivity index (χ4v) is 3.93. The Kier molecular flexibility index (Phi) is 6.91.